The van der Waals surface area contributed by atoms with Crippen LogP contribution in [-0.2, 0) is 16.1 Å². The molecule has 0 bridgehead atoms. The number of carbonyl (C=O) groups excluding carboxylic acids is 1. The van der Waals surface area contributed by atoms with Gasteiger partial charge in [0.05, 0.1) is 19.7 Å². The van der Waals surface area contributed by atoms with Crippen LogP contribution in [-0.4, -0.2) is 26.2 Å². The Labute approximate surface area is 105 Å². The van der Waals surface area contributed by atoms with Crippen LogP contribution in [0.5, 0.6) is 0 Å². The predicted molar refractivity (Wildman–Crippen MR) is 68.6 cm³/mol. The lowest BCUT2D eigenvalue weighted by Crippen LogP contribution is -2.23. The Morgan fingerprint density at radius 3 is 3.18 bits per heavy atom. The SMILES string of the molecule is COCCC(=O)NCc1cc(C#CCN)cs1. The molecule has 1 rings (SSSR count). The maximum Gasteiger partial charge on any atom is 0.222 e. The van der Waals surface area contributed by atoms with Gasteiger partial charge in [-0.1, -0.05) is 11.8 Å². The number of methoxy groups -OCH3 is 1. The largest absolute Gasteiger partial charge is 0.384 e. The fraction of sp³-hybridized carbons (Fsp3) is 0.417. The number of nitrogens with one attached hydrogen (secondary N) is 1. The van der Waals surface area contributed by atoms with Crippen molar-refractivity contribution in [2.75, 3.05) is 20.3 Å². The molecule has 0 aliphatic carbocycles. The summed E-state index contributed by atoms with van der Waals surface area (Å²) in [5.41, 5.74) is 6.23. The zero-order valence-electron chi connectivity index (χ0n) is 9.79. The van der Waals surface area contributed by atoms with Gasteiger partial charge in [-0.3, -0.25) is 4.79 Å². The summed E-state index contributed by atoms with van der Waals surface area (Å²) in [5, 5.41) is 4.78. The summed E-state index contributed by atoms with van der Waals surface area (Å²) in [5.74, 6) is 5.74. The summed E-state index contributed by atoms with van der Waals surface area (Å²) in [6.07, 6.45) is 0.391. The van der Waals surface area contributed by atoms with Gasteiger partial charge in [-0.05, 0) is 6.07 Å². The number of hydrogen-bond donors (Lipinski definition) is 2. The number of carbonyl (C=O) groups is 1. The molecule has 0 atom stereocenters. The highest BCUT2D eigenvalue weighted by Crippen LogP contribution is 2.13. The molecule has 4 nitrogen and oxygen atoms in total. The topological polar surface area (TPSA) is 64.3 Å². The molecule has 0 unspecified atom stereocenters. The predicted octanol–water partition coefficient (Wildman–Crippen LogP) is 0.711. The van der Waals surface area contributed by atoms with E-state index in [2.05, 4.69) is 17.2 Å². The second kappa shape index (κ2) is 7.85. The minimum absolute atomic E-state index is 0.00478. The number of thiophene rings is 1. The van der Waals surface area contributed by atoms with Gasteiger partial charge in [0.2, 0.25) is 5.91 Å². The molecule has 0 aliphatic heterocycles. The lowest BCUT2D eigenvalue weighted by Gasteiger charge is -2.02. The zero-order chi connectivity index (χ0) is 12.5. The minimum atomic E-state index is -0.00478. The molecule has 1 heterocycles. The Bertz CT molecular complexity index is 418. The molecule has 0 saturated carbocycles. The Morgan fingerprint density at radius 2 is 2.47 bits per heavy atom. The van der Waals surface area contributed by atoms with E-state index in [0.29, 0.717) is 26.1 Å². The standard InChI is InChI=1S/C12H16N2O2S/c1-16-6-4-12(15)14-8-11-7-10(9-17-11)3-2-5-13/h7,9H,4-6,8,13H2,1H3,(H,14,15). The smallest absolute Gasteiger partial charge is 0.222 e. The van der Waals surface area contributed by atoms with Crippen molar-refractivity contribution in [3.05, 3.63) is 21.9 Å². The van der Waals surface area contributed by atoms with Crippen molar-refractivity contribution >= 4 is 17.2 Å². The van der Waals surface area contributed by atoms with E-state index >= 15 is 0 Å². The quantitative estimate of drug-likeness (QED) is 0.759. The lowest BCUT2D eigenvalue weighted by atomic mass is 10.3. The van der Waals surface area contributed by atoms with Crippen LogP contribution in [0, 0.1) is 11.8 Å². The molecule has 92 valence electrons. The average Bonchev–Trinajstić information content (AvgIpc) is 2.79. The summed E-state index contributed by atoms with van der Waals surface area (Å²) in [7, 11) is 1.58. The van der Waals surface area contributed by atoms with Crippen molar-refractivity contribution in [1.82, 2.24) is 5.32 Å². The van der Waals surface area contributed by atoms with Gasteiger partial charge in [-0.2, -0.15) is 0 Å². The molecule has 0 spiro atoms. The maximum absolute atomic E-state index is 11.3. The van der Waals surface area contributed by atoms with Crippen LogP contribution in [0.4, 0.5) is 0 Å². The van der Waals surface area contributed by atoms with Crippen molar-refractivity contribution in [3.8, 4) is 11.8 Å². The normalized spacial score (nSPS) is 9.53. The minimum Gasteiger partial charge on any atom is -0.384 e. The molecule has 0 aliphatic rings. The first-order chi connectivity index (χ1) is 8.26. The molecule has 5 heteroatoms. The molecule has 0 saturated heterocycles. The van der Waals surface area contributed by atoms with Crippen LogP contribution in [0.3, 0.4) is 0 Å². The summed E-state index contributed by atoms with van der Waals surface area (Å²) < 4.78 is 4.82. The number of hydrogen-bond acceptors (Lipinski definition) is 4. The number of ether oxygens (including phenoxy) is 1. The van der Waals surface area contributed by atoms with Crippen LogP contribution < -0.4 is 11.1 Å². The van der Waals surface area contributed by atoms with Crippen molar-refractivity contribution in [1.29, 1.82) is 0 Å². The highest BCUT2D eigenvalue weighted by Gasteiger charge is 2.02. The summed E-state index contributed by atoms with van der Waals surface area (Å²) >= 11 is 1.58. The molecule has 1 amide bonds. The Balaban J connectivity index is 2.36. The van der Waals surface area contributed by atoms with Crippen molar-refractivity contribution < 1.29 is 9.53 Å². The lowest BCUT2D eigenvalue weighted by molar-refractivity contribution is -0.122. The average molecular weight is 252 g/mol. The van der Waals surface area contributed by atoms with Crippen LogP contribution in [0.2, 0.25) is 0 Å². The zero-order valence-corrected chi connectivity index (χ0v) is 10.6. The summed E-state index contributed by atoms with van der Waals surface area (Å²) in [4.78, 5) is 12.4. The Kier molecular flexibility index (Phi) is 6.33. The van der Waals surface area contributed by atoms with Gasteiger partial charge in [0, 0.05) is 29.4 Å². The molecular formula is C12H16N2O2S. The fourth-order valence-corrected chi connectivity index (χ4v) is 1.92. The van der Waals surface area contributed by atoms with Gasteiger partial charge in [-0.25, -0.2) is 0 Å². The van der Waals surface area contributed by atoms with E-state index in [1.54, 1.807) is 18.4 Å². The monoisotopic (exact) mass is 252 g/mol. The van der Waals surface area contributed by atoms with Crippen molar-refractivity contribution in [2.45, 2.75) is 13.0 Å². The first kappa shape index (κ1) is 13.7. The first-order valence-corrected chi connectivity index (χ1v) is 6.16. The third-order valence-corrected chi connectivity index (χ3v) is 2.92. The van der Waals surface area contributed by atoms with Crippen LogP contribution in [0.25, 0.3) is 0 Å². The van der Waals surface area contributed by atoms with E-state index in [1.165, 1.54) is 0 Å². The molecule has 17 heavy (non-hydrogen) atoms. The fourth-order valence-electron chi connectivity index (χ4n) is 1.16. The van der Waals surface area contributed by atoms with Gasteiger partial charge in [0.25, 0.3) is 0 Å². The number of nitrogens with two attached hydrogens (primary N) is 1. The molecular weight excluding hydrogens is 236 g/mol. The van der Waals surface area contributed by atoms with Crippen LogP contribution in [0.15, 0.2) is 11.4 Å². The highest BCUT2D eigenvalue weighted by molar-refractivity contribution is 7.10. The summed E-state index contributed by atoms with van der Waals surface area (Å²) in [6, 6.07) is 1.96. The molecule has 0 fully saturated rings. The van der Waals surface area contributed by atoms with E-state index in [0.717, 1.165) is 10.4 Å². The maximum atomic E-state index is 11.3. The van der Waals surface area contributed by atoms with E-state index in [9.17, 15) is 4.79 Å². The van der Waals surface area contributed by atoms with E-state index in [4.69, 9.17) is 10.5 Å². The third kappa shape index (κ3) is 5.50. The van der Waals surface area contributed by atoms with Crippen LogP contribution in [0.1, 0.15) is 16.9 Å². The van der Waals surface area contributed by atoms with Crippen LogP contribution >= 0.6 is 11.3 Å². The van der Waals surface area contributed by atoms with Crippen molar-refractivity contribution in [3.63, 3.8) is 0 Å². The van der Waals surface area contributed by atoms with Gasteiger partial charge < -0.3 is 15.8 Å². The third-order valence-electron chi connectivity index (χ3n) is 1.98. The molecule has 0 aromatic carbocycles. The first-order valence-electron chi connectivity index (χ1n) is 5.28. The highest BCUT2D eigenvalue weighted by atomic mass is 32.1. The second-order valence-corrected chi connectivity index (χ2v) is 4.32. The summed E-state index contributed by atoms with van der Waals surface area (Å²) in [6.45, 7) is 1.35. The Morgan fingerprint density at radius 1 is 1.65 bits per heavy atom. The number of rotatable bonds is 5. The molecule has 1 aromatic rings. The van der Waals surface area contributed by atoms with Gasteiger partial charge >= 0.3 is 0 Å². The van der Waals surface area contributed by atoms with E-state index < -0.39 is 0 Å². The van der Waals surface area contributed by atoms with Crippen molar-refractivity contribution in [2.24, 2.45) is 5.73 Å². The van der Waals surface area contributed by atoms with Gasteiger partial charge in [0.1, 0.15) is 0 Å². The van der Waals surface area contributed by atoms with E-state index in [1.807, 2.05) is 11.4 Å². The second-order valence-electron chi connectivity index (χ2n) is 3.33. The molecule has 0 radical (unpaired) electrons. The number of amides is 1. The molecule has 1 aromatic heterocycles. The van der Waals surface area contributed by atoms with E-state index in [-0.39, 0.29) is 5.91 Å². The van der Waals surface area contributed by atoms with Gasteiger partial charge in [-0.15, -0.1) is 11.3 Å². The molecule has 3 N–H and O–H groups in total. The van der Waals surface area contributed by atoms with Gasteiger partial charge in [0.15, 0.2) is 0 Å². The Hall–Kier alpha value is -1.35.